The summed E-state index contributed by atoms with van der Waals surface area (Å²) < 4.78 is 5.09. The maximum Gasteiger partial charge on any atom is 0.266 e. The number of hydrogen-bond acceptors (Lipinski definition) is 4. The number of hydrogen-bond donors (Lipinski definition) is 0. The highest BCUT2D eigenvalue weighted by Crippen LogP contribution is 2.36. The number of amides is 1. The van der Waals surface area contributed by atoms with Crippen molar-refractivity contribution in [2.75, 3.05) is 21.2 Å². The molecule has 0 aliphatic carbocycles. The minimum absolute atomic E-state index is 0.0985. The lowest BCUT2D eigenvalue weighted by molar-refractivity contribution is -0.121. The van der Waals surface area contributed by atoms with Gasteiger partial charge in [0.25, 0.3) is 5.91 Å². The van der Waals surface area contributed by atoms with E-state index in [4.69, 9.17) is 27.9 Å². The largest absolute Gasteiger partial charge is 0.494 e. The fraction of sp³-hybridized carbons (Fsp3) is 0.231. The highest BCUT2D eigenvalue weighted by molar-refractivity contribution is 8.18. The van der Waals surface area contributed by atoms with Gasteiger partial charge in [0.2, 0.25) is 0 Å². The normalized spacial score (nSPS) is 19.2. The molecule has 1 saturated heterocycles. The van der Waals surface area contributed by atoms with Crippen LogP contribution in [0, 0.1) is 0 Å². The van der Waals surface area contributed by atoms with Crippen LogP contribution in [0.4, 0.5) is 0 Å². The van der Waals surface area contributed by atoms with E-state index in [0.29, 0.717) is 25.9 Å². The SMILES string of the molecule is CN=C1S/C(=C/c2cc(Cl)c(OC)c(Cl)c2)C(=O)N1C. The number of rotatable bonds is 2. The fourth-order valence-electron chi connectivity index (χ4n) is 1.76. The molecule has 1 aliphatic rings. The summed E-state index contributed by atoms with van der Waals surface area (Å²) in [6.45, 7) is 0. The molecule has 1 aromatic rings. The van der Waals surface area contributed by atoms with Gasteiger partial charge < -0.3 is 4.74 Å². The number of thioether (sulfide) groups is 1. The maximum atomic E-state index is 12.0. The Morgan fingerprint density at radius 1 is 1.35 bits per heavy atom. The first-order valence-corrected chi connectivity index (χ1v) is 7.22. The Balaban J connectivity index is 2.40. The molecule has 106 valence electrons. The van der Waals surface area contributed by atoms with Crippen LogP contribution in [0.2, 0.25) is 10.0 Å². The molecular formula is C13H12Cl2N2O2S. The zero-order valence-corrected chi connectivity index (χ0v) is 13.4. The standard InChI is InChI=1S/C13H12Cl2N2O2S/c1-16-13-17(2)12(18)10(20-13)6-7-4-8(14)11(19-3)9(15)5-7/h4-6H,1-3H3/b10-6+,16-13?. The van der Waals surface area contributed by atoms with Gasteiger partial charge in [-0.3, -0.25) is 14.7 Å². The number of nitrogens with zero attached hydrogens (tertiary/aromatic N) is 2. The molecule has 7 heteroatoms. The summed E-state index contributed by atoms with van der Waals surface area (Å²) in [5.41, 5.74) is 0.738. The van der Waals surface area contributed by atoms with Gasteiger partial charge in [0.05, 0.1) is 22.1 Å². The van der Waals surface area contributed by atoms with Crippen LogP contribution < -0.4 is 4.74 Å². The number of likely N-dealkylation sites (N-methyl/N-ethyl adjacent to an activating group) is 1. The van der Waals surface area contributed by atoms with E-state index >= 15 is 0 Å². The van der Waals surface area contributed by atoms with E-state index in [0.717, 1.165) is 5.56 Å². The second-order valence-corrected chi connectivity index (χ2v) is 5.82. The molecule has 1 aliphatic heterocycles. The predicted octanol–water partition coefficient (Wildman–Crippen LogP) is 3.53. The monoisotopic (exact) mass is 330 g/mol. The topological polar surface area (TPSA) is 41.9 Å². The van der Waals surface area contributed by atoms with Crippen LogP contribution in [0.25, 0.3) is 6.08 Å². The molecule has 1 fully saturated rings. The van der Waals surface area contributed by atoms with Crippen molar-refractivity contribution in [3.63, 3.8) is 0 Å². The second kappa shape index (κ2) is 6.08. The molecule has 20 heavy (non-hydrogen) atoms. The van der Waals surface area contributed by atoms with Crippen LogP contribution in [-0.2, 0) is 4.79 Å². The Kier molecular flexibility index (Phi) is 4.62. The van der Waals surface area contributed by atoms with E-state index in [2.05, 4.69) is 4.99 Å². The fourth-order valence-corrected chi connectivity index (χ4v) is 3.34. The zero-order valence-electron chi connectivity index (χ0n) is 11.1. The number of halogens is 2. The van der Waals surface area contributed by atoms with E-state index in [-0.39, 0.29) is 5.91 Å². The number of carbonyl (C=O) groups excluding carboxylic acids is 1. The average molecular weight is 331 g/mol. The van der Waals surface area contributed by atoms with Gasteiger partial charge in [0, 0.05) is 14.1 Å². The molecule has 0 aromatic heterocycles. The number of methoxy groups -OCH3 is 1. The van der Waals surface area contributed by atoms with Crippen molar-refractivity contribution in [3.8, 4) is 5.75 Å². The Bertz CT molecular complexity index is 606. The van der Waals surface area contributed by atoms with Gasteiger partial charge >= 0.3 is 0 Å². The van der Waals surface area contributed by atoms with Crippen LogP contribution in [0.5, 0.6) is 5.75 Å². The zero-order chi connectivity index (χ0) is 14.9. The molecule has 0 atom stereocenters. The van der Waals surface area contributed by atoms with E-state index in [1.807, 2.05) is 0 Å². The summed E-state index contributed by atoms with van der Waals surface area (Å²) in [4.78, 5) is 18.2. The number of carbonyl (C=O) groups is 1. The molecule has 0 unspecified atom stereocenters. The van der Waals surface area contributed by atoms with E-state index < -0.39 is 0 Å². The summed E-state index contributed by atoms with van der Waals surface area (Å²) in [7, 11) is 4.84. The summed E-state index contributed by atoms with van der Waals surface area (Å²) in [5.74, 6) is 0.326. The molecule has 0 bridgehead atoms. The van der Waals surface area contributed by atoms with Crippen LogP contribution in [-0.4, -0.2) is 37.2 Å². The van der Waals surface area contributed by atoms with Crippen molar-refractivity contribution >= 4 is 52.1 Å². The Morgan fingerprint density at radius 3 is 2.40 bits per heavy atom. The average Bonchev–Trinajstić information content (AvgIpc) is 2.66. The quantitative estimate of drug-likeness (QED) is 0.779. The third-order valence-corrected chi connectivity index (χ3v) is 4.43. The molecule has 0 saturated carbocycles. The van der Waals surface area contributed by atoms with Crippen molar-refractivity contribution in [1.29, 1.82) is 0 Å². The highest BCUT2D eigenvalue weighted by Gasteiger charge is 2.29. The third kappa shape index (κ3) is 2.80. The summed E-state index contributed by atoms with van der Waals surface area (Å²) in [6.07, 6.45) is 1.74. The van der Waals surface area contributed by atoms with Crippen molar-refractivity contribution in [2.45, 2.75) is 0 Å². The molecule has 1 aromatic carbocycles. The minimum Gasteiger partial charge on any atom is -0.494 e. The van der Waals surface area contributed by atoms with Gasteiger partial charge in [-0.25, -0.2) is 0 Å². The predicted molar refractivity (Wildman–Crippen MR) is 84.7 cm³/mol. The smallest absolute Gasteiger partial charge is 0.266 e. The first-order chi connectivity index (χ1) is 9.47. The lowest BCUT2D eigenvalue weighted by atomic mass is 10.2. The van der Waals surface area contributed by atoms with Crippen LogP contribution >= 0.6 is 35.0 Å². The molecule has 2 rings (SSSR count). The van der Waals surface area contributed by atoms with Crippen molar-refractivity contribution in [2.24, 2.45) is 4.99 Å². The van der Waals surface area contributed by atoms with Crippen LogP contribution in [0.15, 0.2) is 22.0 Å². The Labute approximate surface area is 131 Å². The van der Waals surface area contributed by atoms with Gasteiger partial charge in [-0.15, -0.1) is 0 Å². The number of amidine groups is 1. The molecule has 0 spiro atoms. The van der Waals surface area contributed by atoms with Crippen LogP contribution in [0.1, 0.15) is 5.56 Å². The van der Waals surface area contributed by atoms with Crippen molar-refractivity contribution in [1.82, 2.24) is 4.90 Å². The maximum absolute atomic E-state index is 12.0. The van der Waals surface area contributed by atoms with Gasteiger partial charge in [0.1, 0.15) is 0 Å². The van der Waals surface area contributed by atoms with Crippen molar-refractivity contribution < 1.29 is 9.53 Å². The Morgan fingerprint density at radius 2 is 1.95 bits per heavy atom. The Hall–Kier alpha value is -1.17. The van der Waals surface area contributed by atoms with Crippen molar-refractivity contribution in [3.05, 3.63) is 32.6 Å². The number of ether oxygens (including phenoxy) is 1. The first kappa shape index (κ1) is 15.2. The molecule has 4 nitrogen and oxygen atoms in total. The summed E-state index contributed by atoms with van der Waals surface area (Å²) in [6, 6.07) is 3.41. The molecular weight excluding hydrogens is 319 g/mol. The van der Waals surface area contributed by atoms with E-state index in [1.54, 1.807) is 32.3 Å². The number of benzene rings is 1. The summed E-state index contributed by atoms with van der Waals surface area (Å²) in [5, 5.41) is 1.46. The van der Waals surface area contributed by atoms with E-state index in [1.165, 1.54) is 23.8 Å². The van der Waals surface area contributed by atoms with Gasteiger partial charge in [-0.05, 0) is 35.5 Å². The highest BCUT2D eigenvalue weighted by atomic mass is 35.5. The van der Waals surface area contributed by atoms with Crippen LogP contribution in [0.3, 0.4) is 0 Å². The molecule has 0 N–H and O–H groups in total. The molecule has 1 heterocycles. The first-order valence-electron chi connectivity index (χ1n) is 5.65. The lowest BCUT2D eigenvalue weighted by Crippen LogP contribution is -2.23. The van der Waals surface area contributed by atoms with E-state index in [9.17, 15) is 4.79 Å². The van der Waals surface area contributed by atoms with Gasteiger partial charge in [-0.2, -0.15) is 0 Å². The molecule has 0 radical (unpaired) electrons. The lowest BCUT2D eigenvalue weighted by Gasteiger charge is -2.07. The second-order valence-electron chi connectivity index (χ2n) is 4.00. The van der Waals surface area contributed by atoms with Gasteiger partial charge in [0.15, 0.2) is 10.9 Å². The third-order valence-electron chi connectivity index (χ3n) is 2.72. The summed E-state index contributed by atoms with van der Waals surface area (Å²) >= 11 is 13.5. The van der Waals surface area contributed by atoms with Gasteiger partial charge in [-0.1, -0.05) is 23.2 Å². The number of aliphatic imine (C=N–C) groups is 1. The minimum atomic E-state index is -0.0985. The molecule has 1 amide bonds.